The lowest BCUT2D eigenvalue weighted by Gasteiger charge is -2.21. The van der Waals surface area contributed by atoms with Crippen molar-refractivity contribution in [2.75, 3.05) is 5.32 Å². The summed E-state index contributed by atoms with van der Waals surface area (Å²) in [7, 11) is 0. The Bertz CT molecular complexity index is 1630. The van der Waals surface area contributed by atoms with E-state index in [4.69, 9.17) is 4.74 Å². The maximum atomic E-state index is 14.5. The molecule has 2 atom stereocenters. The van der Waals surface area contributed by atoms with Gasteiger partial charge in [0.1, 0.15) is 17.8 Å². The third-order valence-electron chi connectivity index (χ3n) is 5.76. The zero-order valence-corrected chi connectivity index (χ0v) is 19.4. The summed E-state index contributed by atoms with van der Waals surface area (Å²) in [4.78, 5) is 66.7. The molecule has 2 heterocycles. The van der Waals surface area contributed by atoms with Gasteiger partial charge in [0, 0.05) is 17.7 Å². The Balaban J connectivity index is 1.49. The lowest BCUT2D eigenvalue weighted by atomic mass is 9.84. The van der Waals surface area contributed by atoms with Gasteiger partial charge in [-0.15, -0.1) is 0 Å². The van der Waals surface area contributed by atoms with Gasteiger partial charge in [-0.1, -0.05) is 41.7 Å². The van der Waals surface area contributed by atoms with Crippen molar-refractivity contribution in [3.8, 4) is 0 Å². The van der Waals surface area contributed by atoms with Gasteiger partial charge in [-0.2, -0.15) is 0 Å². The first-order valence-electron chi connectivity index (χ1n) is 10.7. The first-order valence-corrected chi connectivity index (χ1v) is 11.5. The molecule has 1 amide bonds. The van der Waals surface area contributed by atoms with Crippen LogP contribution in [-0.4, -0.2) is 33.4 Å². The first kappa shape index (κ1) is 23.9. The van der Waals surface area contributed by atoms with E-state index in [2.05, 4.69) is 10.3 Å². The molecular formula is C25H14FN3O7S. The molecule has 1 N–H and O–H groups in total. The van der Waals surface area contributed by atoms with Gasteiger partial charge in [0.2, 0.25) is 5.78 Å². The van der Waals surface area contributed by atoms with Crippen molar-refractivity contribution >= 4 is 55.8 Å². The number of carbonyl (C=O) groups excluding carboxylic acids is 4. The molecule has 0 fully saturated rings. The van der Waals surface area contributed by atoms with E-state index in [0.29, 0.717) is 10.2 Å². The molecule has 0 unspecified atom stereocenters. The van der Waals surface area contributed by atoms with E-state index < -0.39 is 51.8 Å². The highest BCUT2D eigenvalue weighted by Gasteiger charge is 2.46. The van der Waals surface area contributed by atoms with E-state index in [1.165, 1.54) is 48.5 Å². The highest BCUT2D eigenvalue weighted by molar-refractivity contribution is 7.22. The SMILES string of the molecule is O=C(Nc1nc2ccc([N+](=O)[O-])cc2s1)C(=O)[C@@H](C(=O)c1ccccc1F)[C@@H]1OC(=O)c2ccccc21. The number of nitrogens with zero attached hydrogens (tertiary/aromatic N) is 2. The molecule has 12 heteroatoms. The van der Waals surface area contributed by atoms with Crippen LogP contribution in [0.25, 0.3) is 10.2 Å². The smallest absolute Gasteiger partial charge is 0.339 e. The number of cyclic esters (lactones) is 1. The Morgan fingerprint density at radius 3 is 2.57 bits per heavy atom. The van der Waals surface area contributed by atoms with Gasteiger partial charge in [-0.3, -0.25) is 29.8 Å². The van der Waals surface area contributed by atoms with Gasteiger partial charge in [0.15, 0.2) is 10.9 Å². The highest BCUT2D eigenvalue weighted by Crippen LogP contribution is 2.38. The number of thiazole rings is 1. The van der Waals surface area contributed by atoms with Crippen molar-refractivity contribution in [3.05, 3.63) is 99.4 Å². The zero-order valence-electron chi connectivity index (χ0n) is 18.5. The number of hydrogen-bond acceptors (Lipinski definition) is 9. The van der Waals surface area contributed by atoms with Crippen LogP contribution in [0.3, 0.4) is 0 Å². The fraction of sp³-hybridized carbons (Fsp3) is 0.0800. The van der Waals surface area contributed by atoms with Gasteiger partial charge in [-0.25, -0.2) is 14.2 Å². The lowest BCUT2D eigenvalue weighted by molar-refractivity contribution is -0.384. The minimum atomic E-state index is -1.88. The number of halogens is 1. The Kier molecular flexibility index (Phi) is 6.01. The van der Waals surface area contributed by atoms with Crippen molar-refractivity contribution in [2.45, 2.75) is 6.10 Å². The van der Waals surface area contributed by atoms with Gasteiger partial charge < -0.3 is 4.74 Å². The van der Waals surface area contributed by atoms with Crippen molar-refractivity contribution < 1.29 is 33.2 Å². The van der Waals surface area contributed by atoms with Crippen LogP contribution in [-0.2, 0) is 14.3 Å². The minimum Gasteiger partial charge on any atom is -0.453 e. The normalized spacial score (nSPS) is 15.1. The summed E-state index contributed by atoms with van der Waals surface area (Å²) < 4.78 is 20.2. The summed E-state index contributed by atoms with van der Waals surface area (Å²) in [6, 6.07) is 14.9. The van der Waals surface area contributed by atoms with Crippen molar-refractivity contribution in [3.63, 3.8) is 0 Å². The number of non-ortho nitro benzene ring substituents is 1. The van der Waals surface area contributed by atoms with Gasteiger partial charge in [-0.05, 0) is 24.3 Å². The Morgan fingerprint density at radius 2 is 1.81 bits per heavy atom. The fourth-order valence-corrected chi connectivity index (χ4v) is 4.92. The first-order chi connectivity index (χ1) is 17.7. The summed E-state index contributed by atoms with van der Waals surface area (Å²) in [6.07, 6.45) is -1.45. The number of fused-ring (bicyclic) bond motifs is 2. The maximum absolute atomic E-state index is 14.5. The standard InChI is InChI=1S/C25H14FN3O7S/c26-16-8-4-3-7-15(16)20(30)19(22-13-5-1-2-6-14(13)24(33)36-22)21(31)23(32)28-25-27-17-10-9-12(29(34)35)11-18(17)37-25/h1-11,19,22H,(H,27,28,32)/t19-,22-/m1/s1. The largest absolute Gasteiger partial charge is 0.453 e. The van der Waals surface area contributed by atoms with Crippen LogP contribution in [0.1, 0.15) is 32.4 Å². The third kappa shape index (κ3) is 4.34. The number of ketones is 2. The van der Waals surface area contributed by atoms with Crippen LogP contribution in [0.15, 0.2) is 66.7 Å². The van der Waals surface area contributed by atoms with E-state index >= 15 is 0 Å². The monoisotopic (exact) mass is 519 g/mol. The molecule has 37 heavy (non-hydrogen) atoms. The number of benzene rings is 3. The summed E-state index contributed by atoms with van der Waals surface area (Å²) in [5, 5.41) is 13.3. The molecule has 0 bridgehead atoms. The number of amides is 1. The van der Waals surface area contributed by atoms with Crippen LogP contribution in [0.4, 0.5) is 15.2 Å². The number of nitro benzene ring substituents is 1. The predicted molar refractivity (Wildman–Crippen MR) is 129 cm³/mol. The molecule has 4 aromatic rings. The second kappa shape index (κ2) is 9.32. The molecule has 184 valence electrons. The molecular weight excluding hydrogens is 505 g/mol. The number of nitro groups is 1. The number of hydrogen-bond donors (Lipinski definition) is 1. The number of carbonyl (C=O) groups is 4. The summed E-state index contributed by atoms with van der Waals surface area (Å²) in [5.74, 6) is -7.12. The molecule has 0 saturated carbocycles. The number of anilines is 1. The van der Waals surface area contributed by atoms with Crippen LogP contribution in [0.5, 0.6) is 0 Å². The van der Waals surface area contributed by atoms with E-state index in [1.54, 1.807) is 12.1 Å². The van der Waals surface area contributed by atoms with Crippen molar-refractivity contribution in [1.82, 2.24) is 4.98 Å². The summed E-state index contributed by atoms with van der Waals surface area (Å²) in [5.41, 5.74) is 0.0650. The molecule has 1 aliphatic heterocycles. The van der Waals surface area contributed by atoms with E-state index in [0.717, 1.165) is 17.4 Å². The molecule has 0 aliphatic carbocycles. The highest BCUT2D eigenvalue weighted by atomic mass is 32.1. The molecule has 0 spiro atoms. The zero-order chi connectivity index (χ0) is 26.3. The van der Waals surface area contributed by atoms with Crippen LogP contribution >= 0.6 is 11.3 Å². The molecule has 0 saturated heterocycles. The Labute approximate surface area is 210 Å². The lowest BCUT2D eigenvalue weighted by Crippen LogP contribution is -2.38. The second-order valence-corrected chi connectivity index (χ2v) is 9.01. The van der Waals surface area contributed by atoms with Crippen molar-refractivity contribution in [2.24, 2.45) is 5.92 Å². The summed E-state index contributed by atoms with van der Waals surface area (Å²) in [6.45, 7) is 0. The number of aromatic nitrogens is 1. The second-order valence-electron chi connectivity index (χ2n) is 7.98. The van der Waals surface area contributed by atoms with Crippen LogP contribution in [0, 0.1) is 21.8 Å². The predicted octanol–water partition coefficient (Wildman–Crippen LogP) is 4.26. The van der Waals surface area contributed by atoms with E-state index in [9.17, 15) is 33.7 Å². The average Bonchev–Trinajstić information content (AvgIpc) is 3.44. The minimum absolute atomic E-state index is 0.0465. The Morgan fingerprint density at radius 1 is 1.08 bits per heavy atom. The third-order valence-corrected chi connectivity index (χ3v) is 6.69. The molecule has 5 rings (SSSR count). The van der Waals surface area contributed by atoms with Gasteiger partial charge in [0.05, 0.1) is 26.3 Å². The number of ether oxygens (including phenoxy) is 1. The average molecular weight is 519 g/mol. The Hall–Kier alpha value is -4.84. The topological polar surface area (TPSA) is 146 Å². The van der Waals surface area contributed by atoms with Crippen LogP contribution in [0.2, 0.25) is 0 Å². The van der Waals surface area contributed by atoms with Crippen LogP contribution < -0.4 is 5.32 Å². The molecule has 0 radical (unpaired) electrons. The summed E-state index contributed by atoms with van der Waals surface area (Å²) >= 11 is 0.885. The number of esters is 1. The van der Waals surface area contributed by atoms with Gasteiger partial charge in [0.25, 0.3) is 11.6 Å². The quantitative estimate of drug-likeness (QED) is 0.0952. The molecule has 1 aliphatic rings. The maximum Gasteiger partial charge on any atom is 0.339 e. The fourth-order valence-electron chi connectivity index (χ4n) is 4.02. The molecule has 10 nitrogen and oxygen atoms in total. The molecule has 3 aromatic carbocycles. The van der Waals surface area contributed by atoms with E-state index in [-0.39, 0.29) is 21.9 Å². The molecule has 1 aromatic heterocycles. The van der Waals surface area contributed by atoms with Crippen molar-refractivity contribution in [1.29, 1.82) is 0 Å². The van der Waals surface area contributed by atoms with Gasteiger partial charge >= 0.3 is 5.97 Å². The number of Topliss-reactive ketones (excluding diaryl/α,β-unsaturated/α-hetero) is 2. The number of nitrogens with one attached hydrogen (secondary N) is 1. The van der Waals surface area contributed by atoms with E-state index in [1.807, 2.05) is 0 Å². The number of rotatable bonds is 7.